The SMILES string of the molecule is O=C(O)N1CCCCC1c1cccc2cc[nH]c12. The third-order valence-electron chi connectivity index (χ3n) is 3.73. The summed E-state index contributed by atoms with van der Waals surface area (Å²) in [6.45, 7) is 0.636. The number of aromatic amines is 1. The van der Waals surface area contributed by atoms with Gasteiger partial charge in [0.05, 0.1) is 11.6 Å². The van der Waals surface area contributed by atoms with Crippen LogP contribution in [-0.4, -0.2) is 27.6 Å². The first kappa shape index (κ1) is 11.1. The van der Waals surface area contributed by atoms with Crippen molar-refractivity contribution in [3.8, 4) is 0 Å². The molecule has 0 spiro atoms. The maximum atomic E-state index is 11.3. The van der Waals surface area contributed by atoms with Crippen molar-refractivity contribution in [3.63, 3.8) is 0 Å². The Kier molecular flexibility index (Phi) is 2.70. The first-order chi connectivity index (χ1) is 8.77. The van der Waals surface area contributed by atoms with Gasteiger partial charge in [-0.25, -0.2) is 4.79 Å². The number of H-pyrrole nitrogens is 1. The lowest BCUT2D eigenvalue weighted by Crippen LogP contribution is -2.37. The fourth-order valence-electron chi connectivity index (χ4n) is 2.87. The standard InChI is InChI=1S/C14H16N2O2/c17-14(18)16-9-2-1-6-12(16)11-5-3-4-10-7-8-15-13(10)11/h3-5,7-8,12,15H,1-2,6,9H2,(H,17,18). The van der Waals surface area contributed by atoms with E-state index in [1.54, 1.807) is 4.90 Å². The van der Waals surface area contributed by atoms with E-state index >= 15 is 0 Å². The van der Waals surface area contributed by atoms with Crippen LogP contribution in [0, 0.1) is 0 Å². The number of rotatable bonds is 1. The second-order valence-corrected chi connectivity index (χ2v) is 4.78. The summed E-state index contributed by atoms with van der Waals surface area (Å²) in [6.07, 6.45) is 4.05. The lowest BCUT2D eigenvalue weighted by molar-refractivity contribution is 0.107. The van der Waals surface area contributed by atoms with Crippen LogP contribution in [0.4, 0.5) is 4.79 Å². The average Bonchev–Trinajstić information content (AvgIpc) is 2.86. The van der Waals surface area contributed by atoms with Gasteiger partial charge in [0.15, 0.2) is 0 Å². The molecule has 94 valence electrons. The molecule has 0 radical (unpaired) electrons. The van der Waals surface area contributed by atoms with Crippen LogP contribution in [0.15, 0.2) is 30.5 Å². The number of amides is 1. The van der Waals surface area contributed by atoms with Gasteiger partial charge in [0.25, 0.3) is 0 Å². The molecule has 0 saturated carbocycles. The lowest BCUT2D eigenvalue weighted by Gasteiger charge is -2.34. The van der Waals surface area contributed by atoms with Crippen molar-refractivity contribution in [2.24, 2.45) is 0 Å². The number of piperidine rings is 1. The topological polar surface area (TPSA) is 56.3 Å². The zero-order valence-electron chi connectivity index (χ0n) is 10.1. The number of hydrogen-bond donors (Lipinski definition) is 2. The summed E-state index contributed by atoms with van der Waals surface area (Å²) >= 11 is 0. The smallest absolute Gasteiger partial charge is 0.407 e. The Labute approximate surface area is 105 Å². The van der Waals surface area contributed by atoms with Gasteiger partial charge in [-0.2, -0.15) is 0 Å². The van der Waals surface area contributed by atoms with Gasteiger partial charge in [0, 0.05) is 12.7 Å². The molecule has 2 aromatic rings. The molecule has 1 aliphatic rings. The predicted molar refractivity (Wildman–Crippen MR) is 69.6 cm³/mol. The van der Waals surface area contributed by atoms with Crippen LogP contribution in [0.3, 0.4) is 0 Å². The number of carbonyl (C=O) groups is 1. The number of nitrogens with zero attached hydrogens (tertiary/aromatic N) is 1. The van der Waals surface area contributed by atoms with Crippen LogP contribution in [0.25, 0.3) is 10.9 Å². The summed E-state index contributed by atoms with van der Waals surface area (Å²) in [4.78, 5) is 16.1. The first-order valence-electron chi connectivity index (χ1n) is 6.33. The molecule has 1 saturated heterocycles. The summed E-state index contributed by atoms with van der Waals surface area (Å²) in [6, 6.07) is 8.08. The molecule has 1 fully saturated rings. The number of likely N-dealkylation sites (tertiary alicyclic amines) is 1. The molecular weight excluding hydrogens is 228 g/mol. The second-order valence-electron chi connectivity index (χ2n) is 4.78. The normalized spacial score (nSPS) is 20.2. The molecular formula is C14H16N2O2. The maximum absolute atomic E-state index is 11.3. The number of aromatic nitrogens is 1. The predicted octanol–water partition coefficient (Wildman–Crippen LogP) is 3.37. The van der Waals surface area contributed by atoms with Gasteiger partial charge in [-0.15, -0.1) is 0 Å². The van der Waals surface area contributed by atoms with Crippen LogP contribution < -0.4 is 0 Å². The Balaban J connectivity index is 2.06. The summed E-state index contributed by atoms with van der Waals surface area (Å²) < 4.78 is 0. The minimum atomic E-state index is -0.816. The van der Waals surface area contributed by atoms with Crippen LogP contribution in [0.1, 0.15) is 30.9 Å². The van der Waals surface area contributed by atoms with Crippen molar-refractivity contribution < 1.29 is 9.90 Å². The number of hydrogen-bond acceptors (Lipinski definition) is 1. The quantitative estimate of drug-likeness (QED) is 0.808. The fraction of sp³-hybridized carbons (Fsp3) is 0.357. The van der Waals surface area contributed by atoms with E-state index in [0.717, 1.165) is 35.7 Å². The van der Waals surface area contributed by atoms with Crippen LogP contribution in [-0.2, 0) is 0 Å². The van der Waals surface area contributed by atoms with E-state index in [1.807, 2.05) is 30.5 Å². The molecule has 1 unspecified atom stereocenters. The first-order valence-corrected chi connectivity index (χ1v) is 6.33. The van der Waals surface area contributed by atoms with Gasteiger partial charge < -0.3 is 15.0 Å². The molecule has 4 nitrogen and oxygen atoms in total. The Morgan fingerprint density at radius 2 is 2.22 bits per heavy atom. The third kappa shape index (κ3) is 1.74. The monoisotopic (exact) mass is 244 g/mol. The van der Waals surface area contributed by atoms with Gasteiger partial charge in [-0.05, 0) is 36.3 Å². The van der Waals surface area contributed by atoms with Crippen LogP contribution in [0.2, 0.25) is 0 Å². The number of benzene rings is 1. The average molecular weight is 244 g/mol. The largest absolute Gasteiger partial charge is 0.465 e. The van der Waals surface area contributed by atoms with E-state index in [9.17, 15) is 9.90 Å². The van der Waals surface area contributed by atoms with Crippen LogP contribution in [0.5, 0.6) is 0 Å². The van der Waals surface area contributed by atoms with Crippen molar-refractivity contribution in [3.05, 3.63) is 36.0 Å². The van der Waals surface area contributed by atoms with E-state index in [1.165, 1.54) is 0 Å². The van der Waals surface area contributed by atoms with Gasteiger partial charge in [0.2, 0.25) is 0 Å². The van der Waals surface area contributed by atoms with E-state index in [4.69, 9.17) is 0 Å². The highest BCUT2D eigenvalue weighted by molar-refractivity contribution is 5.83. The molecule has 1 atom stereocenters. The zero-order chi connectivity index (χ0) is 12.5. The van der Waals surface area contributed by atoms with E-state index in [-0.39, 0.29) is 6.04 Å². The van der Waals surface area contributed by atoms with Crippen molar-refractivity contribution in [2.45, 2.75) is 25.3 Å². The number of para-hydroxylation sites is 1. The highest BCUT2D eigenvalue weighted by Gasteiger charge is 2.28. The van der Waals surface area contributed by atoms with E-state index in [0.29, 0.717) is 6.54 Å². The third-order valence-corrected chi connectivity index (χ3v) is 3.73. The Morgan fingerprint density at radius 1 is 1.33 bits per heavy atom. The highest BCUT2D eigenvalue weighted by atomic mass is 16.4. The molecule has 0 aliphatic carbocycles. The molecule has 18 heavy (non-hydrogen) atoms. The fourth-order valence-corrected chi connectivity index (χ4v) is 2.87. The molecule has 1 aliphatic heterocycles. The zero-order valence-corrected chi connectivity index (χ0v) is 10.1. The molecule has 2 heterocycles. The number of nitrogens with one attached hydrogen (secondary N) is 1. The minimum absolute atomic E-state index is 0.0152. The second kappa shape index (κ2) is 4.37. The Hall–Kier alpha value is -1.97. The molecule has 3 rings (SSSR count). The van der Waals surface area contributed by atoms with Crippen molar-refractivity contribution in [1.82, 2.24) is 9.88 Å². The molecule has 1 aromatic heterocycles. The molecule has 0 bridgehead atoms. The summed E-state index contributed by atoms with van der Waals surface area (Å²) in [5, 5.41) is 10.5. The number of carboxylic acid groups (broad SMARTS) is 1. The van der Waals surface area contributed by atoms with Gasteiger partial charge in [-0.3, -0.25) is 0 Å². The van der Waals surface area contributed by atoms with Crippen LogP contribution >= 0.6 is 0 Å². The highest BCUT2D eigenvalue weighted by Crippen LogP contribution is 2.34. The molecule has 2 N–H and O–H groups in total. The summed E-state index contributed by atoms with van der Waals surface area (Å²) in [5.74, 6) is 0. The van der Waals surface area contributed by atoms with Crippen molar-refractivity contribution in [1.29, 1.82) is 0 Å². The van der Waals surface area contributed by atoms with E-state index < -0.39 is 6.09 Å². The van der Waals surface area contributed by atoms with Gasteiger partial charge in [-0.1, -0.05) is 18.2 Å². The summed E-state index contributed by atoms with van der Waals surface area (Å²) in [7, 11) is 0. The molecule has 1 amide bonds. The lowest BCUT2D eigenvalue weighted by atomic mass is 9.94. The Bertz CT molecular complexity index is 576. The van der Waals surface area contributed by atoms with Gasteiger partial charge in [0.1, 0.15) is 0 Å². The Morgan fingerprint density at radius 3 is 3.06 bits per heavy atom. The van der Waals surface area contributed by atoms with E-state index in [2.05, 4.69) is 4.98 Å². The molecule has 1 aromatic carbocycles. The maximum Gasteiger partial charge on any atom is 0.407 e. The summed E-state index contributed by atoms with van der Waals surface area (Å²) in [5.41, 5.74) is 2.16. The number of fused-ring (bicyclic) bond motifs is 1. The minimum Gasteiger partial charge on any atom is -0.465 e. The van der Waals surface area contributed by atoms with Crippen molar-refractivity contribution in [2.75, 3.05) is 6.54 Å². The molecule has 4 heteroatoms. The van der Waals surface area contributed by atoms with Gasteiger partial charge >= 0.3 is 6.09 Å². The van der Waals surface area contributed by atoms with Crippen molar-refractivity contribution >= 4 is 17.0 Å².